The van der Waals surface area contributed by atoms with Crippen molar-refractivity contribution < 1.29 is 4.79 Å². The maximum atomic E-state index is 12.3. The summed E-state index contributed by atoms with van der Waals surface area (Å²) in [5, 5.41) is 3.48. The van der Waals surface area contributed by atoms with Crippen LogP contribution < -0.4 is 10.9 Å². The molecule has 0 unspecified atom stereocenters. The molecule has 1 N–H and O–H groups in total. The number of nitrogens with one attached hydrogen (secondary N) is 1. The molecule has 1 amide bonds. The highest BCUT2D eigenvalue weighted by atomic mass is 32.2. The van der Waals surface area contributed by atoms with E-state index in [9.17, 15) is 9.59 Å². The SMILES string of the molecule is Cc1cccc(NC(=O)c2cnc3n(c2=O)CCS3)c1C. The highest BCUT2D eigenvalue weighted by Gasteiger charge is 2.20. The van der Waals surface area contributed by atoms with Gasteiger partial charge in [-0.05, 0) is 31.0 Å². The number of anilines is 1. The summed E-state index contributed by atoms with van der Waals surface area (Å²) in [4.78, 5) is 28.8. The Morgan fingerprint density at radius 3 is 3.00 bits per heavy atom. The number of nitrogens with zero attached hydrogens (tertiary/aromatic N) is 2. The molecule has 0 spiro atoms. The molecule has 21 heavy (non-hydrogen) atoms. The van der Waals surface area contributed by atoms with E-state index in [1.165, 1.54) is 18.0 Å². The molecule has 5 nitrogen and oxygen atoms in total. The minimum absolute atomic E-state index is 0.0853. The Balaban J connectivity index is 1.93. The van der Waals surface area contributed by atoms with Crippen LogP contribution in [0.15, 0.2) is 34.3 Å². The highest BCUT2D eigenvalue weighted by molar-refractivity contribution is 7.99. The maximum Gasteiger partial charge on any atom is 0.267 e. The average Bonchev–Trinajstić information content (AvgIpc) is 2.93. The van der Waals surface area contributed by atoms with Crippen molar-refractivity contribution in [2.24, 2.45) is 0 Å². The molecule has 6 heteroatoms. The van der Waals surface area contributed by atoms with Crippen LogP contribution in [0, 0.1) is 13.8 Å². The van der Waals surface area contributed by atoms with Crippen LogP contribution >= 0.6 is 11.8 Å². The van der Waals surface area contributed by atoms with E-state index < -0.39 is 5.91 Å². The molecule has 0 radical (unpaired) electrons. The summed E-state index contributed by atoms with van der Waals surface area (Å²) >= 11 is 1.53. The molecule has 1 aliphatic rings. The van der Waals surface area contributed by atoms with Crippen LogP contribution in [0.3, 0.4) is 0 Å². The molecule has 0 saturated heterocycles. The zero-order valence-corrected chi connectivity index (χ0v) is 12.7. The van der Waals surface area contributed by atoms with Crippen LogP contribution in [0.5, 0.6) is 0 Å². The first-order chi connectivity index (χ1) is 10.1. The first kappa shape index (κ1) is 13.9. The molecule has 3 rings (SSSR count). The third-order valence-corrected chi connectivity index (χ3v) is 4.62. The molecule has 108 valence electrons. The lowest BCUT2D eigenvalue weighted by Crippen LogP contribution is -2.29. The quantitative estimate of drug-likeness (QED) is 0.864. The Hall–Kier alpha value is -2.08. The number of aromatic nitrogens is 2. The molecule has 1 aromatic heterocycles. The molecule has 0 saturated carbocycles. The molecule has 1 aromatic carbocycles. The standard InChI is InChI=1S/C15H15N3O2S/c1-9-4-3-5-12(10(9)2)17-13(19)11-8-16-15-18(14(11)20)6-7-21-15/h3-5,8H,6-7H2,1-2H3,(H,17,19). The minimum atomic E-state index is -0.409. The molecular weight excluding hydrogens is 286 g/mol. The van der Waals surface area contributed by atoms with Crippen molar-refractivity contribution in [3.05, 3.63) is 51.4 Å². The molecule has 0 atom stereocenters. The van der Waals surface area contributed by atoms with Crippen LogP contribution in [0.25, 0.3) is 0 Å². The Labute approximate surface area is 126 Å². The summed E-state index contributed by atoms with van der Waals surface area (Å²) < 4.78 is 1.56. The number of hydrogen-bond donors (Lipinski definition) is 1. The fraction of sp³-hybridized carbons (Fsp3) is 0.267. The van der Waals surface area contributed by atoms with Gasteiger partial charge in [0.25, 0.3) is 11.5 Å². The van der Waals surface area contributed by atoms with Gasteiger partial charge < -0.3 is 5.32 Å². The van der Waals surface area contributed by atoms with E-state index >= 15 is 0 Å². The van der Waals surface area contributed by atoms with Gasteiger partial charge in [-0.1, -0.05) is 23.9 Å². The third kappa shape index (κ3) is 2.47. The molecule has 0 fully saturated rings. The Bertz CT molecular complexity index is 783. The van der Waals surface area contributed by atoms with Gasteiger partial charge in [-0.25, -0.2) is 4.98 Å². The van der Waals surface area contributed by atoms with Gasteiger partial charge in [0.15, 0.2) is 5.16 Å². The fourth-order valence-electron chi connectivity index (χ4n) is 2.25. The monoisotopic (exact) mass is 301 g/mol. The van der Waals surface area contributed by atoms with Gasteiger partial charge in [0, 0.05) is 24.2 Å². The van der Waals surface area contributed by atoms with Crippen LogP contribution in [0.4, 0.5) is 5.69 Å². The van der Waals surface area contributed by atoms with E-state index in [1.807, 2.05) is 32.0 Å². The molecule has 2 aromatic rings. The lowest BCUT2D eigenvalue weighted by molar-refractivity contribution is 0.102. The molecule has 0 bridgehead atoms. The Kier molecular flexibility index (Phi) is 3.55. The van der Waals surface area contributed by atoms with Gasteiger partial charge in [-0.2, -0.15) is 0 Å². The second-order valence-electron chi connectivity index (χ2n) is 4.96. The topological polar surface area (TPSA) is 64.0 Å². The van der Waals surface area contributed by atoms with Crippen molar-refractivity contribution in [3.8, 4) is 0 Å². The highest BCUT2D eigenvalue weighted by Crippen LogP contribution is 2.21. The van der Waals surface area contributed by atoms with Crippen molar-refractivity contribution in [2.45, 2.75) is 25.5 Å². The van der Waals surface area contributed by atoms with Crippen molar-refractivity contribution in [1.29, 1.82) is 0 Å². The van der Waals surface area contributed by atoms with Gasteiger partial charge in [0.1, 0.15) is 5.56 Å². The number of hydrogen-bond acceptors (Lipinski definition) is 4. The number of carbonyl (C=O) groups excluding carboxylic acids is 1. The van der Waals surface area contributed by atoms with Gasteiger partial charge in [-0.15, -0.1) is 0 Å². The number of rotatable bonds is 2. The summed E-state index contributed by atoms with van der Waals surface area (Å²) in [6.45, 7) is 4.53. The van der Waals surface area contributed by atoms with E-state index in [0.717, 1.165) is 22.6 Å². The lowest BCUT2D eigenvalue weighted by Gasteiger charge is -2.10. The second kappa shape index (κ2) is 5.37. The number of aryl methyl sites for hydroxylation is 1. The van der Waals surface area contributed by atoms with E-state index in [2.05, 4.69) is 10.3 Å². The van der Waals surface area contributed by atoms with E-state index in [1.54, 1.807) is 4.57 Å². The predicted octanol–water partition coefficient (Wildman–Crippen LogP) is 2.22. The van der Waals surface area contributed by atoms with E-state index in [-0.39, 0.29) is 11.1 Å². The van der Waals surface area contributed by atoms with Crippen molar-refractivity contribution in [1.82, 2.24) is 9.55 Å². The zero-order valence-electron chi connectivity index (χ0n) is 11.8. The zero-order chi connectivity index (χ0) is 15.0. The van der Waals surface area contributed by atoms with E-state index in [4.69, 9.17) is 0 Å². The maximum absolute atomic E-state index is 12.3. The van der Waals surface area contributed by atoms with Crippen molar-refractivity contribution >= 4 is 23.4 Å². The van der Waals surface area contributed by atoms with Crippen LogP contribution in [-0.4, -0.2) is 21.2 Å². The predicted molar refractivity (Wildman–Crippen MR) is 83.1 cm³/mol. The third-order valence-electron chi connectivity index (χ3n) is 3.65. The molecule has 1 aliphatic heterocycles. The number of amides is 1. The minimum Gasteiger partial charge on any atom is -0.322 e. The summed E-state index contributed by atoms with van der Waals surface area (Å²) in [5.74, 6) is 0.415. The molecule has 2 heterocycles. The second-order valence-corrected chi connectivity index (χ2v) is 6.02. The van der Waals surface area contributed by atoms with Gasteiger partial charge in [0.05, 0.1) is 0 Å². The summed E-state index contributed by atoms with van der Waals surface area (Å²) in [6.07, 6.45) is 1.37. The number of carbonyl (C=O) groups is 1. The average molecular weight is 301 g/mol. The lowest BCUT2D eigenvalue weighted by atomic mass is 10.1. The van der Waals surface area contributed by atoms with Crippen LogP contribution in [0.1, 0.15) is 21.5 Å². The first-order valence-corrected chi connectivity index (χ1v) is 7.66. The van der Waals surface area contributed by atoms with Crippen LogP contribution in [-0.2, 0) is 6.54 Å². The molecule has 0 aliphatic carbocycles. The first-order valence-electron chi connectivity index (χ1n) is 6.68. The van der Waals surface area contributed by atoms with Gasteiger partial charge in [0.2, 0.25) is 0 Å². The largest absolute Gasteiger partial charge is 0.322 e. The number of benzene rings is 1. The van der Waals surface area contributed by atoms with Crippen LogP contribution in [0.2, 0.25) is 0 Å². The number of thioether (sulfide) groups is 1. The number of fused-ring (bicyclic) bond motifs is 1. The van der Waals surface area contributed by atoms with Crippen molar-refractivity contribution in [2.75, 3.05) is 11.1 Å². The van der Waals surface area contributed by atoms with E-state index in [0.29, 0.717) is 11.7 Å². The van der Waals surface area contributed by atoms with Gasteiger partial charge >= 0.3 is 0 Å². The normalized spacial score (nSPS) is 13.0. The molecular formula is C15H15N3O2S. The Morgan fingerprint density at radius 2 is 2.19 bits per heavy atom. The summed E-state index contributed by atoms with van der Waals surface area (Å²) in [6, 6.07) is 5.69. The summed E-state index contributed by atoms with van der Waals surface area (Å²) in [7, 11) is 0. The smallest absolute Gasteiger partial charge is 0.267 e. The summed E-state index contributed by atoms with van der Waals surface area (Å²) in [5.41, 5.74) is 2.62. The van der Waals surface area contributed by atoms with Crippen molar-refractivity contribution in [3.63, 3.8) is 0 Å². The van der Waals surface area contributed by atoms with Gasteiger partial charge in [-0.3, -0.25) is 14.2 Å². The Morgan fingerprint density at radius 1 is 1.38 bits per heavy atom. The fourth-order valence-corrected chi connectivity index (χ4v) is 3.16.